The van der Waals surface area contributed by atoms with Crippen LogP contribution in [0.25, 0.3) is 22.2 Å². The fourth-order valence-electron chi connectivity index (χ4n) is 3.82. The number of aromatic nitrogens is 3. The lowest BCUT2D eigenvalue weighted by Crippen LogP contribution is -1.99. The van der Waals surface area contributed by atoms with Crippen molar-refractivity contribution in [2.45, 2.75) is 6.54 Å². The van der Waals surface area contributed by atoms with Crippen LogP contribution in [0.2, 0.25) is 0 Å². The maximum atomic E-state index is 13.1. The maximum absolute atomic E-state index is 13.1. The fourth-order valence-corrected chi connectivity index (χ4v) is 4.72. The standard InChI is InChI=1S/C26H15N5OS/c27-13-18(14-28)25-20-8-4-5-9-21(20)26(32)22(25)12-19-10-11-24(33-19)23-16-31(30-29-23)15-17-6-2-1-3-7-17/h1-12,16H,15H2/b22-12-. The number of carbonyl (C=O) groups excluding carboxylic acids is 1. The van der Waals surface area contributed by atoms with Crippen LogP contribution >= 0.6 is 11.3 Å². The number of hydrogen-bond donors (Lipinski definition) is 0. The topological polar surface area (TPSA) is 95.4 Å². The molecule has 4 aromatic rings. The molecule has 1 aliphatic rings. The van der Waals surface area contributed by atoms with E-state index in [0.29, 0.717) is 28.8 Å². The van der Waals surface area contributed by atoms with Gasteiger partial charge >= 0.3 is 0 Å². The van der Waals surface area contributed by atoms with E-state index in [-0.39, 0.29) is 11.4 Å². The first-order valence-electron chi connectivity index (χ1n) is 10.1. The predicted molar refractivity (Wildman–Crippen MR) is 126 cm³/mol. The summed E-state index contributed by atoms with van der Waals surface area (Å²) in [4.78, 5) is 14.8. The van der Waals surface area contributed by atoms with Crippen LogP contribution in [-0.2, 0) is 6.54 Å². The highest BCUT2D eigenvalue weighted by Gasteiger charge is 2.32. The molecule has 2 aromatic heterocycles. The second-order valence-electron chi connectivity index (χ2n) is 7.40. The smallest absolute Gasteiger partial charge is 0.194 e. The Balaban J connectivity index is 1.48. The highest BCUT2D eigenvalue weighted by molar-refractivity contribution is 7.16. The Labute approximate surface area is 194 Å². The predicted octanol–water partition coefficient (Wildman–Crippen LogP) is 5.14. The highest BCUT2D eigenvalue weighted by Crippen LogP contribution is 2.40. The van der Waals surface area contributed by atoms with Gasteiger partial charge in [0, 0.05) is 21.6 Å². The average molecular weight is 446 g/mol. The molecule has 0 bridgehead atoms. The summed E-state index contributed by atoms with van der Waals surface area (Å²) in [5.74, 6) is -0.188. The molecule has 156 valence electrons. The van der Waals surface area contributed by atoms with E-state index in [2.05, 4.69) is 10.3 Å². The summed E-state index contributed by atoms with van der Waals surface area (Å²) in [7, 11) is 0. The number of nitrogens with zero attached hydrogens (tertiary/aromatic N) is 5. The van der Waals surface area contributed by atoms with Gasteiger partial charge in [0.15, 0.2) is 5.78 Å². The van der Waals surface area contributed by atoms with Crippen LogP contribution in [0.1, 0.15) is 26.4 Å². The number of thiophene rings is 1. The summed E-state index contributed by atoms with van der Waals surface area (Å²) in [5.41, 5.74) is 3.68. The third kappa shape index (κ3) is 3.78. The summed E-state index contributed by atoms with van der Waals surface area (Å²) in [6, 6.07) is 24.8. The van der Waals surface area contributed by atoms with E-state index in [1.165, 1.54) is 11.3 Å². The summed E-state index contributed by atoms with van der Waals surface area (Å²) >= 11 is 1.47. The Bertz CT molecular complexity index is 1510. The number of hydrogen-bond acceptors (Lipinski definition) is 6. The molecular weight excluding hydrogens is 430 g/mol. The molecule has 5 rings (SSSR count). The van der Waals surface area contributed by atoms with Gasteiger partial charge in [-0.2, -0.15) is 10.5 Å². The van der Waals surface area contributed by atoms with Crippen molar-refractivity contribution in [2.24, 2.45) is 0 Å². The lowest BCUT2D eigenvalue weighted by molar-refractivity contribution is 0.104. The number of fused-ring (bicyclic) bond motifs is 1. The summed E-state index contributed by atoms with van der Waals surface area (Å²) in [6.45, 7) is 0.627. The van der Waals surface area contributed by atoms with Crippen LogP contribution in [0, 0.1) is 22.7 Å². The van der Waals surface area contributed by atoms with Crippen molar-refractivity contribution in [1.29, 1.82) is 10.5 Å². The Kier molecular flexibility index (Phi) is 5.24. The minimum atomic E-state index is -0.188. The van der Waals surface area contributed by atoms with Crippen molar-refractivity contribution in [3.05, 3.63) is 106 Å². The lowest BCUT2D eigenvalue weighted by atomic mass is 9.99. The molecule has 0 saturated carbocycles. The third-order valence-electron chi connectivity index (χ3n) is 5.32. The van der Waals surface area contributed by atoms with Crippen molar-refractivity contribution < 1.29 is 4.79 Å². The summed E-state index contributed by atoms with van der Waals surface area (Å²) < 4.78 is 1.78. The molecule has 0 aliphatic heterocycles. The molecule has 2 heterocycles. The van der Waals surface area contributed by atoms with E-state index in [1.807, 2.05) is 60.8 Å². The number of Topliss-reactive ketones (excluding diaryl/α,β-unsaturated/α-hetero) is 1. The zero-order valence-corrected chi connectivity index (χ0v) is 18.1. The van der Waals surface area contributed by atoms with Crippen molar-refractivity contribution in [3.8, 4) is 22.7 Å². The molecule has 0 unspecified atom stereocenters. The van der Waals surface area contributed by atoms with Crippen molar-refractivity contribution in [2.75, 3.05) is 0 Å². The van der Waals surface area contributed by atoms with Crippen LogP contribution in [-0.4, -0.2) is 20.8 Å². The normalized spacial score (nSPS) is 13.6. The van der Waals surface area contributed by atoms with Crippen LogP contribution in [0.3, 0.4) is 0 Å². The average Bonchev–Trinajstić information content (AvgIpc) is 3.56. The van der Waals surface area contributed by atoms with Gasteiger partial charge in [-0.05, 0) is 29.3 Å². The zero-order chi connectivity index (χ0) is 22.8. The molecule has 0 fully saturated rings. The fraction of sp³-hybridized carbons (Fsp3) is 0.0385. The lowest BCUT2D eigenvalue weighted by Gasteiger charge is -2.01. The van der Waals surface area contributed by atoms with E-state index in [4.69, 9.17) is 0 Å². The number of allylic oxidation sites excluding steroid dienone is 3. The van der Waals surface area contributed by atoms with Gasteiger partial charge in [0.05, 0.1) is 17.6 Å². The molecule has 0 spiro atoms. The number of carbonyl (C=O) groups is 1. The van der Waals surface area contributed by atoms with Gasteiger partial charge in [-0.25, -0.2) is 4.68 Å². The molecule has 33 heavy (non-hydrogen) atoms. The summed E-state index contributed by atoms with van der Waals surface area (Å²) in [5, 5.41) is 27.4. The Morgan fingerprint density at radius 2 is 1.70 bits per heavy atom. The van der Waals surface area contributed by atoms with Crippen LogP contribution in [0.5, 0.6) is 0 Å². The number of ketones is 1. The van der Waals surface area contributed by atoms with Gasteiger partial charge < -0.3 is 0 Å². The summed E-state index contributed by atoms with van der Waals surface area (Å²) in [6.07, 6.45) is 3.63. The molecule has 1 aliphatic carbocycles. The Morgan fingerprint density at radius 1 is 0.970 bits per heavy atom. The minimum absolute atomic E-state index is 0.0693. The van der Waals surface area contributed by atoms with Crippen LogP contribution in [0.4, 0.5) is 0 Å². The van der Waals surface area contributed by atoms with Crippen molar-refractivity contribution in [1.82, 2.24) is 15.0 Å². The van der Waals surface area contributed by atoms with E-state index >= 15 is 0 Å². The molecule has 6 nitrogen and oxygen atoms in total. The van der Waals surface area contributed by atoms with Gasteiger partial charge in [-0.1, -0.05) is 59.8 Å². The van der Waals surface area contributed by atoms with Crippen LogP contribution in [0.15, 0.2) is 84.1 Å². The molecule has 0 radical (unpaired) electrons. The molecule has 0 N–H and O–H groups in total. The number of benzene rings is 2. The Hall–Kier alpha value is -4.59. The highest BCUT2D eigenvalue weighted by atomic mass is 32.1. The second-order valence-corrected chi connectivity index (χ2v) is 8.51. The van der Waals surface area contributed by atoms with Gasteiger partial charge in [0.2, 0.25) is 0 Å². The number of nitriles is 2. The monoisotopic (exact) mass is 445 g/mol. The molecule has 0 atom stereocenters. The van der Waals surface area contributed by atoms with Gasteiger partial charge in [-0.15, -0.1) is 16.4 Å². The van der Waals surface area contributed by atoms with Gasteiger partial charge in [0.25, 0.3) is 0 Å². The Morgan fingerprint density at radius 3 is 2.45 bits per heavy atom. The quantitative estimate of drug-likeness (QED) is 0.320. The SMILES string of the molecule is N#CC(C#N)=C1/C(=C/c2ccc(-c3cn(Cc4ccccc4)nn3)s2)C(=O)c2ccccc21. The van der Waals surface area contributed by atoms with Crippen molar-refractivity contribution in [3.63, 3.8) is 0 Å². The molecule has 2 aromatic carbocycles. The van der Waals surface area contributed by atoms with Gasteiger partial charge in [0.1, 0.15) is 23.4 Å². The molecule has 7 heteroatoms. The van der Waals surface area contributed by atoms with Gasteiger partial charge in [-0.3, -0.25) is 4.79 Å². The first-order chi connectivity index (χ1) is 16.2. The number of rotatable bonds is 4. The maximum Gasteiger partial charge on any atom is 0.194 e. The first-order valence-corrected chi connectivity index (χ1v) is 10.9. The minimum Gasteiger partial charge on any atom is -0.289 e. The second kappa shape index (κ2) is 8.51. The van der Waals surface area contributed by atoms with Crippen molar-refractivity contribution >= 4 is 28.8 Å². The molecular formula is C26H15N5OS. The van der Waals surface area contributed by atoms with E-state index in [9.17, 15) is 15.3 Å². The van der Waals surface area contributed by atoms with Crippen LogP contribution < -0.4 is 0 Å². The van der Waals surface area contributed by atoms with E-state index in [0.717, 1.165) is 21.0 Å². The third-order valence-corrected chi connectivity index (χ3v) is 6.38. The zero-order valence-electron chi connectivity index (χ0n) is 17.3. The first kappa shape index (κ1) is 20.3. The molecule has 0 amide bonds. The molecule has 0 saturated heterocycles. The van der Waals surface area contributed by atoms with E-state index in [1.54, 1.807) is 35.0 Å². The largest absolute Gasteiger partial charge is 0.289 e. The van der Waals surface area contributed by atoms with E-state index < -0.39 is 0 Å².